The number of carbonyl (C=O) groups is 1. The zero-order valence-corrected chi connectivity index (χ0v) is 12.3. The van der Waals surface area contributed by atoms with E-state index in [2.05, 4.69) is 5.32 Å². The molecule has 0 radical (unpaired) electrons. The second-order valence-corrected chi connectivity index (χ2v) is 5.82. The summed E-state index contributed by atoms with van der Waals surface area (Å²) < 4.78 is 0. The lowest BCUT2D eigenvalue weighted by Crippen LogP contribution is -2.35. The van der Waals surface area contributed by atoms with Crippen LogP contribution in [0.3, 0.4) is 0 Å². The Kier molecular flexibility index (Phi) is 7.02. The van der Waals surface area contributed by atoms with Crippen LogP contribution >= 0.6 is 12.4 Å². The van der Waals surface area contributed by atoms with Gasteiger partial charge >= 0.3 is 0 Å². The van der Waals surface area contributed by atoms with Crippen molar-refractivity contribution in [1.29, 1.82) is 0 Å². The van der Waals surface area contributed by atoms with Crippen LogP contribution < -0.4 is 5.32 Å². The molecule has 1 aliphatic carbocycles. The van der Waals surface area contributed by atoms with Crippen molar-refractivity contribution in [2.45, 2.75) is 44.9 Å². The summed E-state index contributed by atoms with van der Waals surface area (Å²) in [5, 5.41) is 3.35. The minimum atomic E-state index is 0. The Morgan fingerprint density at radius 2 is 1.72 bits per heavy atom. The van der Waals surface area contributed by atoms with E-state index in [4.69, 9.17) is 0 Å². The molecule has 106 valence electrons. The predicted molar refractivity (Wildman–Crippen MR) is 77.1 cm³/mol. The molecule has 2 aliphatic rings. The third kappa shape index (κ3) is 4.77. The number of hydrogen-bond acceptors (Lipinski definition) is 2. The maximum absolute atomic E-state index is 12.1. The molecule has 2 rings (SSSR count). The SMILES string of the molecule is CN(CC1CCCC1)C(=O)CC1CCNCC1.Cl. The van der Waals surface area contributed by atoms with Gasteiger partial charge in [0.2, 0.25) is 5.91 Å². The van der Waals surface area contributed by atoms with Crippen LogP contribution in [0.1, 0.15) is 44.9 Å². The van der Waals surface area contributed by atoms with E-state index in [1.54, 1.807) is 0 Å². The van der Waals surface area contributed by atoms with Gasteiger partial charge in [-0.2, -0.15) is 0 Å². The highest BCUT2D eigenvalue weighted by molar-refractivity contribution is 5.85. The van der Waals surface area contributed by atoms with Gasteiger partial charge in [0.15, 0.2) is 0 Å². The highest BCUT2D eigenvalue weighted by atomic mass is 35.5. The Labute approximate surface area is 117 Å². The fourth-order valence-electron chi connectivity index (χ4n) is 3.17. The first-order valence-corrected chi connectivity index (χ1v) is 7.20. The van der Waals surface area contributed by atoms with Crippen molar-refractivity contribution in [3.8, 4) is 0 Å². The quantitative estimate of drug-likeness (QED) is 0.854. The van der Waals surface area contributed by atoms with Gasteiger partial charge < -0.3 is 10.2 Å². The van der Waals surface area contributed by atoms with E-state index in [0.717, 1.165) is 32.0 Å². The third-order valence-corrected chi connectivity index (χ3v) is 4.35. The van der Waals surface area contributed by atoms with Gasteiger partial charge in [0, 0.05) is 20.0 Å². The van der Waals surface area contributed by atoms with Gasteiger partial charge in [0.05, 0.1) is 0 Å². The number of rotatable bonds is 4. The van der Waals surface area contributed by atoms with Crippen LogP contribution in [0.15, 0.2) is 0 Å². The molecule has 1 aliphatic heterocycles. The Bertz CT molecular complexity index is 248. The van der Waals surface area contributed by atoms with E-state index >= 15 is 0 Å². The first-order chi connectivity index (χ1) is 8.25. The van der Waals surface area contributed by atoms with Crippen molar-refractivity contribution in [3.63, 3.8) is 0 Å². The van der Waals surface area contributed by atoms with Crippen molar-refractivity contribution < 1.29 is 4.79 Å². The molecule has 18 heavy (non-hydrogen) atoms. The van der Waals surface area contributed by atoms with Crippen LogP contribution in [0.2, 0.25) is 0 Å². The van der Waals surface area contributed by atoms with Crippen LogP contribution in [0.25, 0.3) is 0 Å². The molecular formula is C14H27ClN2O. The van der Waals surface area contributed by atoms with Crippen molar-refractivity contribution in [1.82, 2.24) is 10.2 Å². The Morgan fingerprint density at radius 3 is 2.33 bits per heavy atom. The van der Waals surface area contributed by atoms with Gasteiger partial charge in [-0.3, -0.25) is 4.79 Å². The van der Waals surface area contributed by atoms with Gasteiger partial charge in [-0.15, -0.1) is 12.4 Å². The fraction of sp³-hybridized carbons (Fsp3) is 0.929. The van der Waals surface area contributed by atoms with E-state index in [1.807, 2.05) is 11.9 Å². The Morgan fingerprint density at radius 1 is 1.11 bits per heavy atom. The zero-order chi connectivity index (χ0) is 12.1. The van der Waals surface area contributed by atoms with Crippen molar-refractivity contribution in [3.05, 3.63) is 0 Å². The van der Waals surface area contributed by atoms with E-state index in [9.17, 15) is 4.79 Å². The minimum Gasteiger partial charge on any atom is -0.345 e. The van der Waals surface area contributed by atoms with Crippen LogP contribution in [0.5, 0.6) is 0 Å². The van der Waals surface area contributed by atoms with E-state index in [0.29, 0.717) is 11.8 Å². The lowest BCUT2D eigenvalue weighted by Gasteiger charge is -2.26. The molecule has 0 aromatic heterocycles. The highest BCUT2D eigenvalue weighted by Crippen LogP contribution is 2.25. The summed E-state index contributed by atoms with van der Waals surface area (Å²) in [5.41, 5.74) is 0. The lowest BCUT2D eigenvalue weighted by atomic mass is 9.94. The van der Waals surface area contributed by atoms with Gasteiger partial charge in [0.25, 0.3) is 0 Å². The molecule has 4 heteroatoms. The topological polar surface area (TPSA) is 32.3 Å². The summed E-state index contributed by atoms with van der Waals surface area (Å²) in [6.07, 6.45) is 8.48. The molecule has 0 aromatic rings. The van der Waals surface area contributed by atoms with Gasteiger partial charge in [-0.25, -0.2) is 0 Å². The summed E-state index contributed by atoms with van der Waals surface area (Å²) in [6.45, 7) is 3.17. The molecular weight excluding hydrogens is 248 g/mol. The lowest BCUT2D eigenvalue weighted by molar-refractivity contribution is -0.131. The summed E-state index contributed by atoms with van der Waals surface area (Å²) in [4.78, 5) is 14.1. The van der Waals surface area contributed by atoms with Crippen LogP contribution in [-0.2, 0) is 4.79 Å². The third-order valence-electron chi connectivity index (χ3n) is 4.35. The van der Waals surface area contributed by atoms with Gasteiger partial charge in [0.1, 0.15) is 0 Å². The van der Waals surface area contributed by atoms with Crippen LogP contribution in [-0.4, -0.2) is 37.5 Å². The highest BCUT2D eigenvalue weighted by Gasteiger charge is 2.22. The molecule has 0 unspecified atom stereocenters. The molecule has 1 amide bonds. The molecule has 0 atom stereocenters. The first kappa shape index (κ1) is 15.8. The van der Waals surface area contributed by atoms with Crippen LogP contribution in [0.4, 0.5) is 0 Å². The second-order valence-electron chi connectivity index (χ2n) is 5.82. The standard InChI is InChI=1S/C14H26N2O.ClH/c1-16(11-13-4-2-3-5-13)14(17)10-12-6-8-15-9-7-12;/h12-13,15H,2-11H2,1H3;1H. The van der Waals surface area contributed by atoms with E-state index in [-0.39, 0.29) is 12.4 Å². The second kappa shape index (κ2) is 8.00. The Balaban J connectivity index is 0.00000162. The molecule has 3 nitrogen and oxygen atoms in total. The smallest absolute Gasteiger partial charge is 0.222 e. The number of nitrogens with zero attached hydrogens (tertiary/aromatic N) is 1. The average Bonchev–Trinajstić information content (AvgIpc) is 2.83. The minimum absolute atomic E-state index is 0. The fourth-order valence-corrected chi connectivity index (χ4v) is 3.17. The molecule has 1 saturated heterocycles. The first-order valence-electron chi connectivity index (χ1n) is 7.20. The van der Waals surface area contributed by atoms with Crippen LogP contribution in [0, 0.1) is 11.8 Å². The molecule has 0 spiro atoms. The van der Waals surface area contributed by atoms with Crippen molar-refractivity contribution in [2.24, 2.45) is 11.8 Å². The maximum atomic E-state index is 12.1. The van der Waals surface area contributed by atoms with E-state index < -0.39 is 0 Å². The van der Waals surface area contributed by atoms with Crippen molar-refractivity contribution in [2.75, 3.05) is 26.7 Å². The number of amides is 1. The number of carbonyl (C=O) groups excluding carboxylic acids is 1. The van der Waals surface area contributed by atoms with E-state index in [1.165, 1.54) is 38.5 Å². The average molecular weight is 275 g/mol. The van der Waals surface area contributed by atoms with Gasteiger partial charge in [-0.1, -0.05) is 12.8 Å². The largest absolute Gasteiger partial charge is 0.345 e. The molecule has 2 fully saturated rings. The molecule has 1 saturated carbocycles. The molecule has 1 N–H and O–H groups in total. The molecule has 0 bridgehead atoms. The monoisotopic (exact) mass is 274 g/mol. The molecule has 0 aromatic carbocycles. The number of nitrogens with one attached hydrogen (secondary N) is 1. The molecule has 1 heterocycles. The maximum Gasteiger partial charge on any atom is 0.222 e. The Hall–Kier alpha value is -0.280. The zero-order valence-electron chi connectivity index (χ0n) is 11.5. The summed E-state index contributed by atoms with van der Waals surface area (Å²) >= 11 is 0. The van der Waals surface area contributed by atoms with Gasteiger partial charge in [-0.05, 0) is 50.6 Å². The van der Waals surface area contributed by atoms with Crippen molar-refractivity contribution >= 4 is 18.3 Å². The normalized spacial score (nSPS) is 21.6. The summed E-state index contributed by atoms with van der Waals surface area (Å²) in [5.74, 6) is 1.76. The summed E-state index contributed by atoms with van der Waals surface area (Å²) in [7, 11) is 1.99. The number of piperidine rings is 1. The number of hydrogen-bond donors (Lipinski definition) is 1. The predicted octanol–water partition coefficient (Wildman–Crippen LogP) is 2.45. The number of halogens is 1. The summed E-state index contributed by atoms with van der Waals surface area (Å²) in [6, 6.07) is 0.